The van der Waals surface area contributed by atoms with Crippen LogP contribution in [0.3, 0.4) is 0 Å². The van der Waals surface area contributed by atoms with Crippen molar-refractivity contribution in [2.24, 2.45) is 5.92 Å². The average Bonchev–Trinajstić information content (AvgIpc) is 2.58. The van der Waals surface area contributed by atoms with Crippen LogP contribution in [0.15, 0.2) is 18.2 Å². The Labute approximate surface area is 140 Å². The number of ether oxygens (including phenoxy) is 1. The molecule has 1 aromatic carbocycles. The summed E-state index contributed by atoms with van der Waals surface area (Å²) in [5, 5.41) is 2.69. The number of methoxy groups -OCH3 is 1. The lowest BCUT2D eigenvalue weighted by Gasteiger charge is -2.30. The second-order valence-electron chi connectivity index (χ2n) is 6.07. The lowest BCUT2D eigenvalue weighted by molar-refractivity contribution is -0.143. The van der Waals surface area contributed by atoms with Crippen LogP contribution in [0, 0.1) is 17.6 Å². The Morgan fingerprint density at radius 2 is 2.00 bits per heavy atom. The molecule has 1 amide bonds. The summed E-state index contributed by atoms with van der Waals surface area (Å²) >= 11 is 0. The maximum absolute atomic E-state index is 13.9. The summed E-state index contributed by atoms with van der Waals surface area (Å²) in [7, 11) is 1.15. The summed E-state index contributed by atoms with van der Waals surface area (Å²) in [6.45, 7) is 3.32. The quantitative estimate of drug-likeness (QED) is 0.834. The van der Waals surface area contributed by atoms with Crippen LogP contribution in [0.2, 0.25) is 0 Å². The van der Waals surface area contributed by atoms with Crippen molar-refractivity contribution in [3.8, 4) is 0 Å². The first-order chi connectivity index (χ1) is 11.4. The average molecular weight is 340 g/mol. The Bertz CT molecular complexity index is 601. The van der Waals surface area contributed by atoms with Gasteiger partial charge in [0.1, 0.15) is 17.7 Å². The molecular weight excluding hydrogens is 318 g/mol. The number of esters is 1. The number of carbonyl (C=O) groups excluding carboxylic acids is 2. The van der Waals surface area contributed by atoms with Crippen molar-refractivity contribution in [3.63, 3.8) is 0 Å². The number of piperidine rings is 1. The van der Waals surface area contributed by atoms with Gasteiger partial charge < -0.3 is 9.64 Å². The second-order valence-corrected chi connectivity index (χ2v) is 6.07. The molecule has 7 heteroatoms. The fraction of sp³-hybridized carbons (Fsp3) is 0.529. The van der Waals surface area contributed by atoms with Gasteiger partial charge in [-0.05, 0) is 37.0 Å². The van der Waals surface area contributed by atoms with Gasteiger partial charge >= 0.3 is 5.97 Å². The third-order valence-corrected chi connectivity index (χ3v) is 4.30. The Hall–Kier alpha value is -2.02. The second kappa shape index (κ2) is 8.19. The largest absolute Gasteiger partial charge is 0.468 e. The zero-order chi connectivity index (χ0) is 17.7. The summed E-state index contributed by atoms with van der Waals surface area (Å²) in [6.07, 6.45) is 1.87. The molecule has 1 aromatic rings. The number of nitrogens with zero attached hydrogens (tertiary/aromatic N) is 1. The molecule has 132 valence electrons. The van der Waals surface area contributed by atoms with E-state index >= 15 is 0 Å². The van der Waals surface area contributed by atoms with Gasteiger partial charge in [-0.1, -0.05) is 6.92 Å². The van der Waals surface area contributed by atoms with Gasteiger partial charge in [-0.25, -0.2) is 13.6 Å². The number of rotatable bonds is 5. The first-order valence-electron chi connectivity index (χ1n) is 7.96. The third kappa shape index (κ3) is 4.50. The number of amides is 1. The zero-order valence-electron chi connectivity index (χ0n) is 13.9. The molecule has 1 aliphatic heterocycles. The van der Waals surface area contributed by atoms with Crippen molar-refractivity contribution >= 4 is 11.9 Å². The van der Waals surface area contributed by atoms with Gasteiger partial charge in [0, 0.05) is 18.7 Å². The van der Waals surface area contributed by atoms with Crippen LogP contribution in [0.5, 0.6) is 0 Å². The Balaban J connectivity index is 2.05. The molecule has 1 N–H and O–H groups in total. The monoisotopic (exact) mass is 340 g/mol. The van der Waals surface area contributed by atoms with Crippen LogP contribution in [0.1, 0.15) is 31.4 Å². The number of carbonyl (C=O) groups is 2. The number of hydrogen-bond acceptors (Lipinski definition) is 4. The number of halogens is 2. The lowest BCUT2D eigenvalue weighted by atomic mass is 9.99. The minimum atomic E-state index is -1.24. The van der Waals surface area contributed by atoms with E-state index in [1.165, 1.54) is 0 Å². The maximum atomic E-state index is 13.9. The van der Waals surface area contributed by atoms with Crippen LogP contribution < -0.4 is 5.32 Å². The first kappa shape index (κ1) is 18.3. The molecule has 0 aromatic heterocycles. The highest BCUT2D eigenvalue weighted by atomic mass is 19.1. The van der Waals surface area contributed by atoms with E-state index in [1.807, 2.05) is 0 Å². The topological polar surface area (TPSA) is 58.6 Å². The molecule has 1 heterocycles. The summed E-state index contributed by atoms with van der Waals surface area (Å²) in [5.74, 6) is -1.77. The molecule has 0 saturated carbocycles. The predicted octanol–water partition coefficient (Wildman–Crippen LogP) is 2.03. The van der Waals surface area contributed by atoms with Gasteiger partial charge in [0.15, 0.2) is 0 Å². The van der Waals surface area contributed by atoms with Crippen molar-refractivity contribution in [1.82, 2.24) is 10.2 Å². The fourth-order valence-electron chi connectivity index (χ4n) is 2.73. The highest BCUT2D eigenvalue weighted by Gasteiger charge is 2.27. The van der Waals surface area contributed by atoms with E-state index in [0.717, 1.165) is 38.2 Å². The lowest BCUT2D eigenvalue weighted by Crippen LogP contribution is -2.44. The van der Waals surface area contributed by atoms with Gasteiger partial charge in [0.05, 0.1) is 13.7 Å². The molecule has 1 aliphatic rings. The van der Waals surface area contributed by atoms with Crippen LogP contribution in [0.25, 0.3) is 0 Å². The standard InChI is InChI=1S/C17H22F2N2O3/c1-11-5-7-21(8-6-11)15(22)10-20-16(17(23)24-2)13-9-12(18)3-4-14(13)19/h3-4,9,11,16,20H,5-8,10H2,1-2H3. The van der Waals surface area contributed by atoms with E-state index in [4.69, 9.17) is 0 Å². The van der Waals surface area contributed by atoms with Crippen LogP contribution in [0.4, 0.5) is 8.78 Å². The molecule has 0 radical (unpaired) electrons. The zero-order valence-corrected chi connectivity index (χ0v) is 13.9. The fourth-order valence-corrected chi connectivity index (χ4v) is 2.73. The predicted molar refractivity (Wildman–Crippen MR) is 84.1 cm³/mol. The van der Waals surface area contributed by atoms with E-state index in [0.29, 0.717) is 19.0 Å². The van der Waals surface area contributed by atoms with Crippen molar-refractivity contribution < 1.29 is 23.1 Å². The van der Waals surface area contributed by atoms with E-state index in [1.54, 1.807) is 4.90 Å². The maximum Gasteiger partial charge on any atom is 0.327 e. The molecule has 24 heavy (non-hydrogen) atoms. The van der Waals surface area contributed by atoms with Crippen LogP contribution in [-0.4, -0.2) is 43.5 Å². The smallest absolute Gasteiger partial charge is 0.327 e. The van der Waals surface area contributed by atoms with Gasteiger partial charge in [-0.3, -0.25) is 10.1 Å². The van der Waals surface area contributed by atoms with Crippen molar-refractivity contribution in [1.29, 1.82) is 0 Å². The molecule has 0 bridgehead atoms. The Morgan fingerprint density at radius 1 is 1.33 bits per heavy atom. The van der Waals surface area contributed by atoms with Crippen molar-refractivity contribution in [3.05, 3.63) is 35.4 Å². The normalized spacial score (nSPS) is 16.8. The molecular formula is C17H22F2N2O3. The van der Waals surface area contributed by atoms with Gasteiger partial charge in [-0.15, -0.1) is 0 Å². The Morgan fingerprint density at radius 3 is 2.62 bits per heavy atom. The first-order valence-corrected chi connectivity index (χ1v) is 7.96. The summed E-state index contributed by atoms with van der Waals surface area (Å²) in [4.78, 5) is 25.9. The van der Waals surface area contributed by atoms with E-state index in [-0.39, 0.29) is 18.0 Å². The highest BCUT2D eigenvalue weighted by molar-refractivity contribution is 5.81. The number of likely N-dealkylation sites (tertiary alicyclic amines) is 1. The van der Waals surface area contributed by atoms with Crippen molar-refractivity contribution in [2.75, 3.05) is 26.7 Å². The van der Waals surface area contributed by atoms with Crippen LogP contribution in [-0.2, 0) is 14.3 Å². The van der Waals surface area contributed by atoms with E-state index in [9.17, 15) is 18.4 Å². The number of hydrogen-bond donors (Lipinski definition) is 1. The molecule has 1 fully saturated rings. The molecule has 1 atom stereocenters. The van der Waals surface area contributed by atoms with Gasteiger partial charge in [-0.2, -0.15) is 0 Å². The number of nitrogens with one attached hydrogen (secondary N) is 1. The minimum Gasteiger partial charge on any atom is -0.468 e. The van der Waals surface area contributed by atoms with Gasteiger partial charge in [0.2, 0.25) is 5.91 Å². The third-order valence-electron chi connectivity index (χ3n) is 4.30. The molecule has 0 spiro atoms. The summed E-state index contributed by atoms with van der Waals surface area (Å²) in [6, 6.07) is 1.60. The number of benzene rings is 1. The van der Waals surface area contributed by atoms with E-state index < -0.39 is 23.6 Å². The summed E-state index contributed by atoms with van der Waals surface area (Å²) in [5.41, 5.74) is -0.179. The summed E-state index contributed by atoms with van der Waals surface area (Å²) < 4.78 is 31.9. The van der Waals surface area contributed by atoms with Gasteiger partial charge in [0.25, 0.3) is 0 Å². The van der Waals surface area contributed by atoms with Crippen LogP contribution >= 0.6 is 0 Å². The van der Waals surface area contributed by atoms with Crippen molar-refractivity contribution in [2.45, 2.75) is 25.8 Å². The molecule has 0 aliphatic carbocycles. The minimum absolute atomic E-state index is 0.149. The highest BCUT2D eigenvalue weighted by Crippen LogP contribution is 2.20. The van der Waals surface area contributed by atoms with E-state index in [2.05, 4.69) is 17.0 Å². The molecule has 1 unspecified atom stereocenters. The molecule has 5 nitrogen and oxygen atoms in total. The SMILES string of the molecule is COC(=O)C(NCC(=O)N1CCC(C)CC1)c1cc(F)ccc1F. The Kier molecular flexibility index (Phi) is 6.25. The molecule has 2 rings (SSSR count). The molecule has 1 saturated heterocycles.